The topological polar surface area (TPSA) is 45.2 Å². The van der Waals surface area contributed by atoms with Crippen LogP contribution in [0.1, 0.15) is 0 Å². The number of carbonyl (C=O) groups is 1. The summed E-state index contributed by atoms with van der Waals surface area (Å²) >= 11 is 0. The third kappa shape index (κ3) is 1.87. The monoisotopic (exact) mass is 227 g/mol. The fourth-order valence-corrected chi connectivity index (χ4v) is 2.09. The summed E-state index contributed by atoms with van der Waals surface area (Å²) in [6.45, 7) is 1.95. The van der Waals surface area contributed by atoms with Crippen LogP contribution in [0.3, 0.4) is 0 Å². The number of nitrogens with zero attached hydrogens (tertiary/aromatic N) is 2. The molecule has 0 unspecified atom stereocenters. The Morgan fingerprint density at radius 3 is 3.06 bits per heavy atom. The molecule has 2 aromatic rings. The number of nitrogens with one attached hydrogen (secondary N) is 1. The minimum absolute atomic E-state index is 0.105. The molecule has 2 heterocycles. The maximum atomic E-state index is 11.8. The summed E-state index contributed by atoms with van der Waals surface area (Å²) in [5.41, 5.74) is 1.84. The van der Waals surface area contributed by atoms with Gasteiger partial charge in [0.15, 0.2) is 0 Å². The number of hydrogen-bond donors (Lipinski definition) is 1. The number of benzene rings is 1. The van der Waals surface area contributed by atoms with E-state index in [-0.39, 0.29) is 5.91 Å². The van der Waals surface area contributed by atoms with Gasteiger partial charge >= 0.3 is 0 Å². The molecule has 0 bridgehead atoms. The van der Waals surface area contributed by atoms with Crippen LogP contribution >= 0.6 is 0 Å². The number of fused-ring (bicyclic) bond motifs is 1. The van der Waals surface area contributed by atoms with Crippen molar-refractivity contribution in [1.29, 1.82) is 0 Å². The number of para-hydroxylation sites is 1. The van der Waals surface area contributed by atoms with Crippen LogP contribution in [0, 0.1) is 0 Å². The Balaban J connectivity index is 2.02. The van der Waals surface area contributed by atoms with Crippen LogP contribution in [0.25, 0.3) is 10.9 Å². The number of carbonyl (C=O) groups excluding carboxylic acids is 1. The molecule has 1 aliphatic heterocycles. The number of anilines is 1. The van der Waals surface area contributed by atoms with Crippen LogP contribution in [0.15, 0.2) is 36.5 Å². The molecule has 0 saturated carbocycles. The number of amides is 1. The Morgan fingerprint density at radius 1 is 1.29 bits per heavy atom. The molecule has 1 aliphatic rings. The summed E-state index contributed by atoms with van der Waals surface area (Å²) in [6, 6.07) is 9.95. The van der Waals surface area contributed by atoms with E-state index in [0.29, 0.717) is 13.1 Å². The average molecular weight is 227 g/mol. The molecule has 0 radical (unpaired) electrons. The number of pyridine rings is 1. The second-order valence-corrected chi connectivity index (χ2v) is 4.11. The predicted molar refractivity (Wildman–Crippen MR) is 67.0 cm³/mol. The quantitative estimate of drug-likeness (QED) is 0.795. The fraction of sp³-hybridized carbons (Fsp3) is 0.231. The molecule has 4 heteroatoms. The molecule has 86 valence electrons. The van der Waals surface area contributed by atoms with Crippen molar-refractivity contribution in [3.8, 4) is 0 Å². The van der Waals surface area contributed by atoms with E-state index in [0.717, 1.165) is 23.1 Å². The van der Waals surface area contributed by atoms with Gasteiger partial charge in [0.2, 0.25) is 5.91 Å². The lowest BCUT2D eigenvalue weighted by Crippen LogP contribution is -2.48. The number of aromatic nitrogens is 1. The number of hydrogen-bond acceptors (Lipinski definition) is 3. The summed E-state index contributed by atoms with van der Waals surface area (Å²) < 4.78 is 0. The van der Waals surface area contributed by atoms with E-state index in [4.69, 9.17) is 0 Å². The van der Waals surface area contributed by atoms with Gasteiger partial charge in [0.05, 0.1) is 23.9 Å². The lowest BCUT2D eigenvalue weighted by atomic mass is 10.2. The summed E-state index contributed by atoms with van der Waals surface area (Å²) in [6.07, 6.45) is 1.77. The van der Waals surface area contributed by atoms with E-state index in [2.05, 4.69) is 10.3 Å². The zero-order valence-corrected chi connectivity index (χ0v) is 9.39. The molecule has 1 fully saturated rings. The summed E-state index contributed by atoms with van der Waals surface area (Å²) in [7, 11) is 0. The Morgan fingerprint density at radius 2 is 2.18 bits per heavy atom. The van der Waals surface area contributed by atoms with Crippen molar-refractivity contribution in [1.82, 2.24) is 10.3 Å². The van der Waals surface area contributed by atoms with Crippen molar-refractivity contribution in [2.75, 3.05) is 24.5 Å². The van der Waals surface area contributed by atoms with Gasteiger partial charge in [0.1, 0.15) is 0 Å². The maximum absolute atomic E-state index is 11.8. The minimum Gasteiger partial charge on any atom is -0.308 e. The highest BCUT2D eigenvalue weighted by atomic mass is 16.2. The summed E-state index contributed by atoms with van der Waals surface area (Å²) in [5, 5.41) is 4.13. The van der Waals surface area contributed by atoms with Gasteiger partial charge in [0.25, 0.3) is 0 Å². The van der Waals surface area contributed by atoms with Crippen molar-refractivity contribution in [3.63, 3.8) is 0 Å². The highest BCUT2D eigenvalue weighted by Gasteiger charge is 2.19. The normalized spacial score (nSPS) is 16.5. The van der Waals surface area contributed by atoms with Crippen molar-refractivity contribution in [2.24, 2.45) is 0 Å². The molecular formula is C13H13N3O. The number of piperazine rings is 1. The average Bonchev–Trinajstić information content (AvgIpc) is 2.39. The highest BCUT2D eigenvalue weighted by molar-refractivity contribution is 5.97. The van der Waals surface area contributed by atoms with E-state index in [9.17, 15) is 4.79 Å². The molecule has 1 amide bonds. The Kier molecular flexibility index (Phi) is 2.49. The molecule has 1 aromatic carbocycles. The predicted octanol–water partition coefficient (Wildman–Crippen LogP) is 1.17. The lowest BCUT2D eigenvalue weighted by Gasteiger charge is -2.27. The van der Waals surface area contributed by atoms with E-state index in [1.165, 1.54) is 0 Å². The molecule has 1 saturated heterocycles. The van der Waals surface area contributed by atoms with E-state index < -0.39 is 0 Å². The zero-order chi connectivity index (χ0) is 11.7. The van der Waals surface area contributed by atoms with Crippen LogP contribution in [-0.2, 0) is 4.79 Å². The molecule has 17 heavy (non-hydrogen) atoms. The molecule has 0 atom stereocenters. The molecule has 4 nitrogen and oxygen atoms in total. The lowest BCUT2D eigenvalue weighted by molar-refractivity contribution is -0.118. The third-order valence-corrected chi connectivity index (χ3v) is 2.98. The smallest absolute Gasteiger partial charge is 0.241 e. The third-order valence-electron chi connectivity index (χ3n) is 2.98. The molecule has 0 aliphatic carbocycles. The van der Waals surface area contributed by atoms with Gasteiger partial charge < -0.3 is 10.2 Å². The van der Waals surface area contributed by atoms with Crippen LogP contribution in [0.5, 0.6) is 0 Å². The summed E-state index contributed by atoms with van der Waals surface area (Å²) in [4.78, 5) is 17.9. The van der Waals surface area contributed by atoms with Gasteiger partial charge in [-0.15, -0.1) is 0 Å². The standard InChI is InChI=1S/C13H13N3O/c17-13-9-14-5-6-16(13)11-7-10-3-1-2-4-12(10)15-8-11/h1-4,7-8,14H,5-6,9H2. The Hall–Kier alpha value is -1.94. The second-order valence-electron chi connectivity index (χ2n) is 4.11. The summed E-state index contributed by atoms with van der Waals surface area (Å²) in [5.74, 6) is 0.105. The number of rotatable bonds is 1. The minimum atomic E-state index is 0.105. The van der Waals surface area contributed by atoms with Gasteiger partial charge in [-0.1, -0.05) is 18.2 Å². The first-order chi connectivity index (χ1) is 8.34. The second kappa shape index (κ2) is 4.14. The first-order valence-electron chi connectivity index (χ1n) is 5.70. The van der Waals surface area contributed by atoms with Crippen molar-refractivity contribution in [2.45, 2.75) is 0 Å². The van der Waals surface area contributed by atoms with E-state index in [1.807, 2.05) is 30.3 Å². The largest absolute Gasteiger partial charge is 0.308 e. The first-order valence-corrected chi connectivity index (χ1v) is 5.70. The molecule has 1 N–H and O–H groups in total. The van der Waals surface area contributed by atoms with Crippen LogP contribution in [0.2, 0.25) is 0 Å². The highest BCUT2D eigenvalue weighted by Crippen LogP contribution is 2.20. The van der Waals surface area contributed by atoms with Gasteiger partial charge in [-0.3, -0.25) is 9.78 Å². The van der Waals surface area contributed by atoms with Crippen molar-refractivity contribution >= 4 is 22.5 Å². The van der Waals surface area contributed by atoms with Gasteiger partial charge in [-0.05, 0) is 12.1 Å². The van der Waals surface area contributed by atoms with Gasteiger partial charge in [0, 0.05) is 18.5 Å². The molecule has 1 aromatic heterocycles. The maximum Gasteiger partial charge on any atom is 0.241 e. The van der Waals surface area contributed by atoms with E-state index in [1.54, 1.807) is 11.1 Å². The molecule has 3 rings (SSSR count). The van der Waals surface area contributed by atoms with Gasteiger partial charge in [-0.2, -0.15) is 0 Å². The van der Waals surface area contributed by atoms with Crippen LogP contribution < -0.4 is 10.2 Å². The van der Waals surface area contributed by atoms with E-state index >= 15 is 0 Å². The SMILES string of the molecule is O=C1CNCCN1c1cnc2ccccc2c1. The van der Waals surface area contributed by atoms with Crippen LogP contribution in [0.4, 0.5) is 5.69 Å². The Bertz CT molecular complexity index is 567. The van der Waals surface area contributed by atoms with Crippen molar-refractivity contribution < 1.29 is 4.79 Å². The van der Waals surface area contributed by atoms with Crippen molar-refractivity contribution in [3.05, 3.63) is 36.5 Å². The first kappa shape index (κ1) is 10.2. The Labute approximate surface area is 99.3 Å². The molecular weight excluding hydrogens is 214 g/mol. The zero-order valence-electron chi connectivity index (χ0n) is 9.39. The fourth-order valence-electron chi connectivity index (χ4n) is 2.09. The van der Waals surface area contributed by atoms with Crippen LogP contribution in [-0.4, -0.2) is 30.5 Å². The molecule has 0 spiro atoms. The van der Waals surface area contributed by atoms with Gasteiger partial charge in [-0.25, -0.2) is 0 Å².